The molecule has 9 nitrogen and oxygen atoms in total. The highest BCUT2D eigenvalue weighted by atomic mass is 16.5. The summed E-state index contributed by atoms with van der Waals surface area (Å²) in [5, 5.41) is 2.62. The molecule has 0 aliphatic carbocycles. The van der Waals surface area contributed by atoms with Gasteiger partial charge in [0.05, 0.1) is 19.3 Å². The number of nitrogens with two attached hydrogens (primary N) is 2. The predicted molar refractivity (Wildman–Crippen MR) is 210 cm³/mol. The van der Waals surface area contributed by atoms with E-state index in [1.807, 2.05) is 0 Å². The minimum atomic E-state index is -1.02. The Balaban J connectivity index is 4.22. The Hall–Kier alpha value is -2.16. The number of hydrogen-bond acceptors (Lipinski definition) is 7. The molecule has 0 fully saturated rings. The van der Waals surface area contributed by atoms with Gasteiger partial charge in [-0.3, -0.25) is 14.4 Å². The molecule has 0 bridgehead atoms. The first kappa shape index (κ1) is 48.8. The third-order valence-electron chi connectivity index (χ3n) is 9.78. The Morgan fingerprint density at radius 2 is 0.843 bits per heavy atom. The van der Waals surface area contributed by atoms with E-state index in [0.29, 0.717) is 6.61 Å². The minimum absolute atomic E-state index is 0.0198. The number of primary amides is 1. The average molecular weight is 724 g/mol. The maximum atomic E-state index is 12.9. The second-order valence-corrected chi connectivity index (χ2v) is 14.8. The van der Waals surface area contributed by atoms with Crippen molar-refractivity contribution >= 4 is 23.8 Å². The number of esters is 2. The fourth-order valence-corrected chi connectivity index (χ4v) is 6.34. The van der Waals surface area contributed by atoms with Gasteiger partial charge in [0.2, 0.25) is 11.8 Å². The molecule has 0 unspecified atom stereocenters. The highest BCUT2D eigenvalue weighted by molar-refractivity contribution is 5.88. The Morgan fingerprint density at radius 1 is 0.490 bits per heavy atom. The van der Waals surface area contributed by atoms with Crippen LogP contribution < -0.4 is 16.8 Å². The molecular weight excluding hydrogens is 642 g/mol. The zero-order valence-corrected chi connectivity index (χ0v) is 33.3. The highest BCUT2D eigenvalue weighted by Crippen LogP contribution is 2.15. The van der Waals surface area contributed by atoms with Crippen molar-refractivity contribution in [2.24, 2.45) is 11.5 Å². The SMILES string of the molecule is CCCCCCCCCCCCCCCCOC(=O)CC[C@H](NC(=O)[C@@H](N)CCC(N)=O)C(=O)OCCCCCCCCCCCCCCCC. The minimum Gasteiger partial charge on any atom is -0.466 e. The number of nitrogens with one attached hydrogen (secondary N) is 1. The molecule has 0 radical (unpaired) electrons. The molecule has 0 spiro atoms. The van der Waals surface area contributed by atoms with Gasteiger partial charge in [-0.15, -0.1) is 0 Å². The Kier molecular flexibility index (Phi) is 36.0. The molecule has 0 aromatic carbocycles. The molecule has 0 heterocycles. The van der Waals surface area contributed by atoms with E-state index in [1.54, 1.807) is 0 Å². The van der Waals surface area contributed by atoms with Gasteiger partial charge in [0.1, 0.15) is 6.04 Å². The zero-order valence-electron chi connectivity index (χ0n) is 33.3. The number of carbonyl (C=O) groups is 4. The van der Waals surface area contributed by atoms with E-state index in [0.717, 1.165) is 38.5 Å². The zero-order chi connectivity index (χ0) is 37.6. The average Bonchev–Trinajstić information content (AvgIpc) is 3.11. The molecule has 0 saturated carbocycles. The number of ether oxygens (including phenoxy) is 2. The van der Waals surface area contributed by atoms with Crippen molar-refractivity contribution < 1.29 is 28.7 Å². The van der Waals surface area contributed by atoms with E-state index >= 15 is 0 Å². The summed E-state index contributed by atoms with van der Waals surface area (Å²) in [4.78, 5) is 49.1. The lowest BCUT2D eigenvalue weighted by Crippen LogP contribution is -2.49. The van der Waals surface area contributed by atoms with Crippen LogP contribution in [0.2, 0.25) is 0 Å². The maximum Gasteiger partial charge on any atom is 0.328 e. The third kappa shape index (κ3) is 34.7. The van der Waals surface area contributed by atoms with Gasteiger partial charge in [-0.2, -0.15) is 0 Å². The van der Waals surface area contributed by atoms with Crippen LogP contribution in [0.4, 0.5) is 0 Å². The molecule has 51 heavy (non-hydrogen) atoms. The van der Waals surface area contributed by atoms with Crippen LogP contribution in [0.25, 0.3) is 0 Å². The topological polar surface area (TPSA) is 151 Å². The van der Waals surface area contributed by atoms with E-state index in [-0.39, 0.29) is 32.3 Å². The van der Waals surface area contributed by atoms with Crippen LogP contribution in [0.5, 0.6) is 0 Å². The van der Waals surface area contributed by atoms with Crippen LogP contribution in [-0.4, -0.2) is 49.1 Å². The summed E-state index contributed by atoms with van der Waals surface area (Å²) >= 11 is 0. The molecule has 2 amide bonds. The Labute approximate surface area is 313 Å². The smallest absolute Gasteiger partial charge is 0.328 e. The lowest BCUT2D eigenvalue weighted by Gasteiger charge is -2.20. The lowest BCUT2D eigenvalue weighted by molar-refractivity contribution is -0.149. The molecule has 0 saturated heterocycles. The molecule has 5 N–H and O–H groups in total. The first-order chi connectivity index (χ1) is 24.8. The van der Waals surface area contributed by atoms with Gasteiger partial charge in [-0.1, -0.05) is 181 Å². The summed E-state index contributed by atoms with van der Waals surface area (Å²) in [7, 11) is 0. The standard InChI is InChI=1S/C42H81N3O6/c1-3-5-7-9-11-13-15-17-19-21-23-25-27-29-35-50-40(47)34-32-38(45-41(48)37(43)31-33-39(44)46)42(49)51-36-30-28-26-24-22-20-18-16-14-12-10-8-6-4-2/h37-38H,3-36,43H2,1-2H3,(H2,44,46)(H,45,48)/t37-,38-/m0/s1. The molecule has 0 rings (SSSR count). The predicted octanol–water partition coefficient (Wildman–Crippen LogP) is 9.89. The monoisotopic (exact) mass is 724 g/mol. The summed E-state index contributed by atoms with van der Waals surface area (Å²) in [6.07, 6.45) is 35.1. The van der Waals surface area contributed by atoms with Crippen molar-refractivity contribution in [3.8, 4) is 0 Å². The number of carbonyl (C=O) groups excluding carboxylic acids is 4. The fraction of sp³-hybridized carbons (Fsp3) is 0.905. The molecule has 0 aromatic heterocycles. The quantitative estimate of drug-likeness (QED) is 0.0422. The van der Waals surface area contributed by atoms with E-state index in [2.05, 4.69) is 19.2 Å². The molecule has 300 valence electrons. The van der Waals surface area contributed by atoms with Crippen molar-refractivity contribution in [1.82, 2.24) is 5.32 Å². The van der Waals surface area contributed by atoms with Crippen LogP contribution >= 0.6 is 0 Å². The number of hydrogen-bond donors (Lipinski definition) is 3. The lowest BCUT2D eigenvalue weighted by atomic mass is 10.0. The van der Waals surface area contributed by atoms with Gasteiger partial charge < -0.3 is 26.3 Å². The van der Waals surface area contributed by atoms with Crippen molar-refractivity contribution in [3.05, 3.63) is 0 Å². The third-order valence-corrected chi connectivity index (χ3v) is 9.78. The Morgan fingerprint density at radius 3 is 1.22 bits per heavy atom. The largest absolute Gasteiger partial charge is 0.466 e. The van der Waals surface area contributed by atoms with E-state index < -0.39 is 35.8 Å². The molecular formula is C42H81N3O6. The van der Waals surface area contributed by atoms with Crippen molar-refractivity contribution in [3.63, 3.8) is 0 Å². The molecule has 0 aliphatic rings. The van der Waals surface area contributed by atoms with Crippen LogP contribution in [-0.2, 0) is 28.7 Å². The summed E-state index contributed by atoms with van der Waals surface area (Å²) < 4.78 is 10.9. The number of amides is 2. The van der Waals surface area contributed by atoms with Crippen LogP contribution in [0, 0.1) is 0 Å². The van der Waals surface area contributed by atoms with Crippen molar-refractivity contribution in [2.75, 3.05) is 13.2 Å². The first-order valence-corrected chi connectivity index (χ1v) is 21.5. The van der Waals surface area contributed by atoms with E-state index in [1.165, 1.54) is 141 Å². The van der Waals surface area contributed by atoms with Gasteiger partial charge in [0, 0.05) is 12.8 Å². The Bertz CT molecular complexity index is 839. The summed E-state index contributed by atoms with van der Waals surface area (Å²) in [6.45, 7) is 5.13. The first-order valence-electron chi connectivity index (χ1n) is 21.5. The van der Waals surface area contributed by atoms with E-state index in [9.17, 15) is 19.2 Å². The molecule has 2 atom stereocenters. The molecule has 0 aromatic rings. The van der Waals surface area contributed by atoms with Gasteiger partial charge in [-0.25, -0.2) is 4.79 Å². The highest BCUT2D eigenvalue weighted by Gasteiger charge is 2.26. The van der Waals surface area contributed by atoms with Gasteiger partial charge in [0.15, 0.2) is 0 Å². The molecule has 9 heteroatoms. The maximum absolute atomic E-state index is 12.9. The van der Waals surface area contributed by atoms with Gasteiger partial charge >= 0.3 is 11.9 Å². The molecule has 0 aliphatic heterocycles. The number of rotatable bonds is 39. The fourth-order valence-electron chi connectivity index (χ4n) is 6.34. The second-order valence-electron chi connectivity index (χ2n) is 14.8. The van der Waals surface area contributed by atoms with Crippen LogP contribution in [0.1, 0.15) is 219 Å². The summed E-state index contributed by atoms with van der Waals surface area (Å²) in [6, 6.07) is -2.01. The summed E-state index contributed by atoms with van der Waals surface area (Å²) in [5.74, 6) is -2.11. The van der Waals surface area contributed by atoms with Crippen LogP contribution in [0.3, 0.4) is 0 Å². The van der Waals surface area contributed by atoms with Gasteiger partial charge in [0.25, 0.3) is 0 Å². The normalized spacial score (nSPS) is 12.4. The van der Waals surface area contributed by atoms with Crippen molar-refractivity contribution in [2.45, 2.75) is 231 Å². The van der Waals surface area contributed by atoms with E-state index in [4.69, 9.17) is 20.9 Å². The van der Waals surface area contributed by atoms with Crippen LogP contribution in [0.15, 0.2) is 0 Å². The summed E-state index contributed by atoms with van der Waals surface area (Å²) in [5.41, 5.74) is 11.1. The van der Waals surface area contributed by atoms with Crippen molar-refractivity contribution in [1.29, 1.82) is 0 Å². The number of unbranched alkanes of at least 4 members (excludes halogenated alkanes) is 26. The van der Waals surface area contributed by atoms with Gasteiger partial charge in [-0.05, 0) is 25.7 Å². The second kappa shape index (κ2) is 37.6.